The second kappa shape index (κ2) is 6.00. The molecule has 0 spiro atoms. The zero-order valence-corrected chi connectivity index (χ0v) is 11.7. The molecule has 0 atom stereocenters. The van der Waals surface area contributed by atoms with E-state index in [0.717, 1.165) is 0 Å². The minimum atomic E-state index is -4.13. The number of nitrogens with zero attached hydrogens (tertiary/aromatic N) is 2. The number of hydrogen-bond donors (Lipinski definition) is 1. The van der Waals surface area contributed by atoms with Crippen LogP contribution in [0.3, 0.4) is 0 Å². The first-order chi connectivity index (χ1) is 9.90. The Kier molecular flexibility index (Phi) is 4.32. The van der Waals surface area contributed by atoms with Gasteiger partial charge in [0, 0.05) is 6.07 Å². The molecule has 21 heavy (non-hydrogen) atoms. The van der Waals surface area contributed by atoms with E-state index in [0.29, 0.717) is 24.8 Å². The molecule has 1 aromatic heterocycles. The number of rotatable bonds is 5. The summed E-state index contributed by atoms with van der Waals surface area (Å²) in [6.07, 6.45) is 2.37. The van der Waals surface area contributed by atoms with E-state index in [1.807, 2.05) is 0 Å². The highest BCUT2D eigenvalue weighted by Crippen LogP contribution is 2.18. The quantitative estimate of drug-likeness (QED) is 0.912. The highest BCUT2D eigenvalue weighted by atomic mass is 32.2. The van der Waals surface area contributed by atoms with Gasteiger partial charge in [0.15, 0.2) is 0 Å². The van der Waals surface area contributed by atoms with E-state index in [2.05, 4.69) is 14.7 Å². The molecular formula is C12H11F2N3O3S. The van der Waals surface area contributed by atoms with Crippen LogP contribution in [0.15, 0.2) is 35.5 Å². The SMILES string of the molecule is CCOc1ncc(NS(=O)(=O)c2cc(F)cc(F)c2)cn1. The molecule has 0 amide bonds. The Morgan fingerprint density at radius 3 is 2.24 bits per heavy atom. The van der Waals surface area contributed by atoms with Crippen molar-refractivity contribution in [1.29, 1.82) is 0 Å². The number of ether oxygens (including phenoxy) is 1. The maximum atomic E-state index is 13.1. The molecule has 1 aromatic carbocycles. The van der Waals surface area contributed by atoms with Crippen LogP contribution < -0.4 is 9.46 Å². The second-order valence-corrected chi connectivity index (χ2v) is 5.58. The predicted octanol–water partition coefficient (Wildman–Crippen LogP) is 1.95. The van der Waals surface area contributed by atoms with Gasteiger partial charge < -0.3 is 4.74 Å². The number of aromatic nitrogens is 2. The Labute approximate surface area is 119 Å². The summed E-state index contributed by atoms with van der Waals surface area (Å²) in [5.41, 5.74) is 0.0446. The lowest BCUT2D eigenvalue weighted by atomic mass is 10.3. The molecule has 0 saturated heterocycles. The molecule has 0 radical (unpaired) electrons. The summed E-state index contributed by atoms with van der Waals surface area (Å²) in [5, 5.41) is 0. The number of sulfonamides is 1. The van der Waals surface area contributed by atoms with E-state index in [1.54, 1.807) is 6.92 Å². The fourth-order valence-corrected chi connectivity index (χ4v) is 2.54. The zero-order valence-electron chi connectivity index (χ0n) is 10.9. The Morgan fingerprint density at radius 2 is 1.71 bits per heavy atom. The van der Waals surface area contributed by atoms with Crippen LogP contribution in [0.2, 0.25) is 0 Å². The Morgan fingerprint density at radius 1 is 1.14 bits per heavy atom. The summed E-state index contributed by atoms with van der Waals surface area (Å²) in [5.74, 6) is -1.98. The van der Waals surface area contributed by atoms with Gasteiger partial charge in [-0.1, -0.05) is 0 Å². The molecule has 112 valence electrons. The van der Waals surface area contributed by atoms with Gasteiger partial charge in [-0.05, 0) is 19.1 Å². The topological polar surface area (TPSA) is 81.2 Å². The molecule has 6 nitrogen and oxygen atoms in total. The van der Waals surface area contributed by atoms with E-state index in [9.17, 15) is 17.2 Å². The van der Waals surface area contributed by atoms with Crippen LogP contribution in [0.1, 0.15) is 6.92 Å². The standard InChI is InChI=1S/C12H11F2N3O3S/c1-2-20-12-15-6-10(7-16-12)17-21(18,19)11-4-8(13)3-9(14)5-11/h3-7,17H,2H2,1H3. The first kappa shape index (κ1) is 15.1. The molecule has 0 aliphatic heterocycles. The van der Waals surface area contributed by atoms with Gasteiger partial charge in [0.1, 0.15) is 11.6 Å². The smallest absolute Gasteiger partial charge is 0.316 e. The molecule has 9 heteroatoms. The van der Waals surface area contributed by atoms with E-state index in [1.165, 1.54) is 12.4 Å². The molecule has 1 heterocycles. The average Bonchev–Trinajstić information content (AvgIpc) is 2.40. The normalized spacial score (nSPS) is 11.2. The largest absolute Gasteiger partial charge is 0.464 e. The Bertz CT molecular complexity index is 716. The van der Waals surface area contributed by atoms with Gasteiger partial charge in [0.05, 0.1) is 29.6 Å². The number of hydrogen-bond acceptors (Lipinski definition) is 5. The summed E-state index contributed by atoms with van der Waals surface area (Å²) >= 11 is 0. The fraction of sp³-hybridized carbons (Fsp3) is 0.167. The van der Waals surface area contributed by atoms with Gasteiger partial charge in [-0.15, -0.1) is 0 Å². The Hall–Kier alpha value is -2.29. The van der Waals surface area contributed by atoms with E-state index < -0.39 is 26.6 Å². The Balaban J connectivity index is 2.24. The van der Waals surface area contributed by atoms with Gasteiger partial charge in [0.2, 0.25) is 0 Å². The van der Waals surface area contributed by atoms with Crippen LogP contribution in [0, 0.1) is 11.6 Å². The van der Waals surface area contributed by atoms with Gasteiger partial charge in [-0.3, -0.25) is 4.72 Å². The number of nitrogens with one attached hydrogen (secondary N) is 1. The highest BCUT2D eigenvalue weighted by Gasteiger charge is 2.17. The molecule has 0 bridgehead atoms. The van der Waals surface area contributed by atoms with E-state index in [-0.39, 0.29) is 11.7 Å². The van der Waals surface area contributed by atoms with Crippen molar-refractivity contribution in [3.8, 4) is 6.01 Å². The van der Waals surface area contributed by atoms with Gasteiger partial charge in [-0.2, -0.15) is 0 Å². The summed E-state index contributed by atoms with van der Waals surface area (Å²) in [4.78, 5) is 7.01. The van der Waals surface area contributed by atoms with Crippen molar-refractivity contribution in [3.63, 3.8) is 0 Å². The van der Waals surface area contributed by atoms with Crippen molar-refractivity contribution < 1.29 is 21.9 Å². The third-order valence-corrected chi connectivity index (χ3v) is 3.66. The molecular weight excluding hydrogens is 304 g/mol. The summed E-state index contributed by atoms with van der Waals surface area (Å²) < 4.78 is 57.2. The van der Waals surface area contributed by atoms with Crippen LogP contribution in [-0.2, 0) is 10.0 Å². The van der Waals surface area contributed by atoms with Crippen molar-refractivity contribution >= 4 is 15.7 Å². The highest BCUT2D eigenvalue weighted by molar-refractivity contribution is 7.92. The van der Waals surface area contributed by atoms with Crippen LogP contribution in [0.5, 0.6) is 6.01 Å². The van der Waals surface area contributed by atoms with Gasteiger partial charge in [-0.25, -0.2) is 27.2 Å². The first-order valence-corrected chi connectivity index (χ1v) is 7.33. The molecule has 1 N–H and O–H groups in total. The number of benzene rings is 1. The molecule has 0 unspecified atom stereocenters. The van der Waals surface area contributed by atoms with Crippen molar-refractivity contribution in [1.82, 2.24) is 9.97 Å². The van der Waals surface area contributed by atoms with Crippen molar-refractivity contribution in [2.45, 2.75) is 11.8 Å². The second-order valence-electron chi connectivity index (χ2n) is 3.90. The van der Waals surface area contributed by atoms with Crippen LogP contribution in [0.4, 0.5) is 14.5 Å². The molecule has 0 aliphatic carbocycles. The van der Waals surface area contributed by atoms with Crippen LogP contribution >= 0.6 is 0 Å². The third-order valence-electron chi connectivity index (χ3n) is 2.30. The third kappa shape index (κ3) is 3.85. The van der Waals surface area contributed by atoms with Crippen LogP contribution in [0.25, 0.3) is 0 Å². The van der Waals surface area contributed by atoms with Crippen molar-refractivity contribution in [2.24, 2.45) is 0 Å². The molecule has 0 fully saturated rings. The first-order valence-electron chi connectivity index (χ1n) is 5.84. The lowest BCUT2D eigenvalue weighted by molar-refractivity contribution is 0.312. The summed E-state index contributed by atoms with van der Waals surface area (Å²) in [7, 11) is -4.13. The number of halogens is 2. The molecule has 2 rings (SSSR count). The summed E-state index contributed by atoms with van der Waals surface area (Å²) in [6.45, 7) is 2.12. The van der Waals surface area contributed by atoms with Gasteiger partial charge in [0.25, 0.3) is 10.0 Å². The average molecular weight is 315 g/mol. The zero-order chi connectivity index (χ0) is 15.5. The van der Waals surface area contributed by atoms with Crippen molar-refractivity contribution in [3.05, 3.63) is 42.2 Å². The minimum absolute atomic E-state index is 0.0446. The minimum Gasteiger partial charge on any atom is -0.464 e. The molecule has 0 aliphatic rings. The van der Waals surface area contributed by atoms with E-state index in [4.69, 9.17) is 4.74 Å². The maximum Gasteiger partial charge on any atom is 0.316 e. The lowest BCUT2D eigenvalue weighted by Gasteiger charge is -2.08. The summed E-state index contributed by atoms with van der Waals surface area (Å²) in [6, 6.07) is 2.10. The molecule has 2 aromatic rings. The monoisotopic (exact) mass is 315 g/mol. The van der Waals surface area contributed by atoms with E-state index >= 15 is 0 Å². The maximum absolute atomic E-state index is 13.1. The van der Waals surface area contributed by atoms with Crippen LogP contribution in [-0.4, -0.2) is 25.0 Å². The lowest BCUT2D eigenvalue weighted by Crippen LogP contribution is -2.14. The van der Waals surface area contributed by atoms with Crippen molar-refractivity contribution in [2.75, 3.05) is 11.3 Å². The predicted molar refractivity (Wildman–Crippen MR) is 70.4 cm³/mol. The van der Waals surface area contributed by atoms with Gasteiger partial charge >= 0.3 is 6.01 Å². The number of anilines is 1. The fourth-order valence-electron chi connectivity index (χ4n) is 1.47. The molecule has 0 saturated carbocycles.